The van der Waals surface area contributed by atoms with E-state index < -0.39 is 31.3 Å². The maximum Gasteiger partial charge on any atom is -1.00 e. The fourth-order valence-corrected chi connectivity index (χ4v) is 15.5. The van der Waals surface area contributed by atoms with Crippen molar-refractivity contribution in [2.45, 2.75) is 20.3 Å². The monoisotopic (exact) mass is 546 g/mol. The summed E-state index contributed by atoms with van der Waals surface area (Å²) in [4.78, 5) is 0. The van der Waals surface area contributed by atoms with Gasteiger partial charge in [-0.3, -0.25) is 0 Å². The Balaban J connectivity index is 0.00000108. The van der Waals surface area contributed by atoms with Crippen molar-refractivity contribution in [1.82, 2.24) is 0 Å². The Labute approximate surface area is 214 Å². The maximum absolute atomic E-state index is 2.59. The van der Waals surface area contributed by atoms with E-state index >= 15 is 0 Å². The van der Waals surface area contributed by atoms with Crippen LogP contribution in [0.15, 0.2) is 84.9 Å². The van der Waals surface area contributed by atoms with E-state index in [0.717, 1.165) is 0 Å². The number of hydrogen-bond acceptors (Lipinski definition) is 0. The van der Waals surface area contributed by atoms with Gasteiger partial charge in [0.15, 0.2) is 0 Å². The Hall–Kier alpha value is -1.44. The van der Waals surface area contributed by atoms with Gasteiger partial charge in [0.1, 0.15) is 0 Å². The van der Waals surface area contributed by atoms with Crippen molar-refractivity contribution in [2.75, 3.05) is 0 Å². The van der Waals surface area contributed by atoms with Gasteiger partial charge < -0.3 is 24.8 Å². The van der Waals surface area contributed by atoms with Crippen LogP contribution in [0.2, 0.25) is 13.1 Å². The summed E-state index contributed by atoms with van der Waals surface area (Å²) in [7, 11) is -1.83. The van der Waals surface area contributed by atoms with E-state index in [9.17, 15) is 0 Å². The second-order valence-electron chi connectivity index (χ2n) is 9.37. The van der Waals surface area contributed by atoms with Crippen LogP contribution in [0.4, 0.5) is 0 Å². The van der Waals surface area contributed by atoms with Gasteiger partial charge in [-0.15, -0.1) is 0 Å². The third-order valence-electron chi connectivity index (χ3n) is 7.59. The van der Waals surface area contributed by atoms with Crippen molar-refractivity contribution in [3.05, 3.63) is 107 Å². The van der Waals surface area contributed by atoms with E-state index in [-0.39, 0.29) is 24.8 Å². The van der Waals surface area contributed by atoms with Gasteiger partial charge in [-0.1, -0.05) is 0 Å². The first-order valence-corrected chi connectivity index (χ1v) is 16.7. The molecular weight excluding hydrogens is 527 g/mol. The molecule has 0 fully saturated rings. The van der Waals surface area contributed by atoms with Crippen molar-refractivity contribution >= 4 is 18.4 Å². The normalized spacial score (nSPS) is 19.3. The molecule has 4 heteroatoms. The molecule has 156 valence electrons. The summed E-state index contributed by atoms with van der Waals surface area (Å²) in [6.45, 7) is 5.18. The quantitative estimate of drug-likeness (QED) is 0.266. The van der Waals surface area contributed by atoms with Crippen molar-refractivity contribution in [3.8, 4) is 22.3 Å². The van der Waals surface area contributed by atoms with Crippen LogP contribution < -0.4 is 35.2 Å². The van der Waals surface area contributed by atoms with Crippen molar-refractivity contribution < 1.29 is 48.0 Å². The minimum Gasteiger partial charge on any atom is -1.00 e. The summed E-state index contributed by atoms with van der Waals surface area (Å²) in [6.07, 6.45) is 0. The maximum atomic E-state index is 2.59. The molecule has 0 amide bonds. The van der Waals surface area contributed by atoms with Gasteiger partial charge >= 0.3 is 191 Å². The van der Waals surface area contributed by atoms with Crippen LogP contribution in [0.3, 0.4) is 0 Å². The third kappa shape index (κ3) is 2.77. The molecule has 0 bridgehead atoms. The minimum atomic E-state index is -1.83. The molecule has 2 aliphatic carbocycles. The van der Waals surface area contributed by atoms with Crippen LogP contribution in [0, 0.1) is 0 Å². The van der Waals surface area contributed by atoms with Gasteiger partial charge in [-0.2, -0.15) is 0 Å². The molecule has 0 spiro atoms. The van der Waals surface area contributed by atoms with E-state index in [1.807, 2.05) is 0 Å². The molecule has 0 saturated carbocycles. The van der Waals surface area contributed by atoms with E-state index in [0.29, 0.717) is 7.25 Å². The molecule has 0 aromatic heterocycles. The Morgan fingerprint density at radius 1 is 0.531 bits per heavy atom. The SMILES string of the molecule is C[Si]1(C)c2cccc3c2[CH]([Zr+2][CH]2c4ccccc4-c4cccc1c42)c1ccccc1-3.[Cl-].[Cl-]. The van der Waals surface area contributed by atoms with E-state index in [1.54, 1.807) is 32.6 Å². The van der Waals surface area contributed by atoms with Gasteiger partial charge in [0.25, 0.3) is 0 Å². The fourth-order valence-electron chi connectivity index (χ4n) is 6.27. The van der Waals surface area contributed by atoms with Crippen molar-refractivity contribution in [2.24, 2.45) is 0 Å². The molecule has 0 radical (unpaired) electrons. The van der Waals surface area contributed by atoms with E-state index in [2.05, 4.69) is 98.0 Å². The topological polar surface area (TPSA) is 0 Å². The summed E-state index contributed by atoms with van der Waals surface area (Å²) in [5.41, 5.74) is 12.7. The Morgan fingerprint density at radius 3 is 1.41 bits per heavy atom. The number of fused-ring (bicyclic) bond motifs is 6. The second kappa shape index (κ2) is 7.81. The van der Waals surface area contributed by atoms with Crippen LogP contribution in [-0.2, 0) is 23.2 Å². The second-order valence-corrected chi connectivity index (χ2v) is 17.4. The van der Waals surface area contributed by atoms with Crippen LogP contribution in [0.25, 0.3) is 22.3 Å². The molecule has 32 heavy (non-hydrogen) atoms. The number of benzene rings is 4. The predicted octanol–water partition coefficient (Wildman–Crippen LogP) is -0.247. The molecule has 4 aromatic rings. The summed E-state index contributed by atoms with van der Waals surface area (Å²) >= 11 is -0.847. The van der Waals surface area contributed by atoms with E-state index in [1.165, 1.54) is 22.3 Å². The van der Waals surface area contributed by atoms with Gasteiger partial charge in [0.05, 0.1) is 0 Å². The molecule has 0 N–H and O–H groups in total. The molecular formula is C28H22Cl2SiZr. The molecule has 7 rings (SSSR count). The van der Waals surface area contributed by atoms with Gasteiger partial charge in [0.2, 0.25) is 0 Å². The Morgan fingerprint density at radius 2 is 0.938 bits per heavy atom. The first kappa shape index (κ1) is 22.4. The average molecular weight is 549 g/mol. The van der Waals surface area contributed by atoms with Crippen LogP contribution in [0.1, 0.15) is 29.5 Å². The molecule has 0 nitrogen and oxygen atoms in total. The Kier molecular flexibility index (Phi) is 5.46. The summed E-state index contributed by atoms with van der Waals surface area (Å²) < 4.78 is 1.33. The Bertz CT molecular complexity index is 1270. The zero-order chi connectivity index (χ0) is 20.0. The first-order valence-electron chi connectivity index (χ1n) is 10.9. The molecule has 3 aliphatic rings. The molecule has 4 aromatic carbocycles. The van der Waals surface area contributed by atoms with Crippen LogP contribution in [0.5, 0.6) is 0 Å². The molecule has 1 aliphatic heterocycles. The standard InChI is InChI=1S/C28H22Si.2ClH.Zr/c1-29(2,27-15-7-13-23-21-11-5-3-9-19(21)17-25(23)27)28-16-8-14-24-22-12-6-4-10-20(22)18-26(24)28;;;/h3-18H,1-2H3;2*1H;/q;;;+2/p-2. The predicted molar refractivity (Wildman–Crippen MR) is 124 cm³/mol. The molecule has 2 atom stereocenters. The minimum absolute atomic E-state index is 0. The van der Waals surface area contributed by atoms with Gasteiger partial charge in [-0.05, 0) is 0 Å². The summed E-state index contributed by atoms with van der Waals surface area (Å²) in [6, 6.07) is 32.9. The number of hydrogen-bond donors (Lipinski definition) is 0. The first-order chi connectivity index (χ1) is 14.7. The van der Waals surface area contributed by atoms with Crippen molar-refractivity contribution in [1.29, 1.82) is 0 Å². The third-order valence-corrected chi connectivity index (χ3v) is 15.7. The van der Waals surface area contributed by atoms with Gasteiger partial charge in [0, 0.05) is 0 Å². The van der Waals surface area contributed by atoms with Crippen LogP contribution in [-0.4, -0.2) is 8.07 Å². The summed E-state index contributed by atoms with van der Waals surface area (Å²) in [5.74, 6) is 0. The average Bonchev–Trinajstić information content (AvgIpc) is 3.27. The molecule has 2 unspecified atom stereocenters. The van der Waals surface area contributed by atoms with Crippen molar-refractivity contribution in [3.63, 3.8) is 0 Å². The smallest absolute Gasteiger partial charge is 1.00 e. The number of rotatable bonds is 0. The van der Waals surface area contributed by atoms with Crippen LogP contribution >= 0.6 is 0 Å². The zero-order valence-corrected chi connectivity index (χ0v) is 23.0. The fraction of sp³-hybridized carbons (Fsp3) is 0.143. The molecule has 1 heterocycles. The number of halogens is 2. The summed E-state index contributed by atoms with van der Waals surface area (Å²) in [5, 5.41) is 3.37. The van der Waals surface area contributed by atoms with Gasteiger partial charge in [-0.25, -0.2) is 0 Å². The molecule has 0 saturated heterocycles. The largest absolute Gasteiger partial charge is 1.00 e. The zero-order valence-electron chi connectivity index (χ0n) is 18.0. The van der Waals surface area contributed by atoms with E-state index in [4.69, 9.17) is 0 Å².